The number of imidazole rings is 1. The molecule has 3 atom stereocenters. The number of aliphatic hydroxyl groups is 1. The molecular weight excluding hydrogens is 675 g/mol. The molecule has 4 N–H and O–H groups in total. The minimum atomic E-state index is -4.13. The number of hydrogen-bond acceptors (Lipinski definition) is 9. The fraction of sp³-hybridized carbons (Fsp3) is 0.405. The monoisotopic (exact) mass is 721 g/mol. The molecule has 0 aliphatic heterocycles. The number of aromatic nitrogens is 3. The molecule has 51 heavy (non-hydrogen) atoms. The number of nitrogens with one attached hydrogen (secondary N) is 1. The number of ketones is 1. The maximum atomic E-state index is 14.1. The molecule has 0 saturated heterocycles. The third-order valence-corrected chi connectivity index (χ3v) is 10.4. The largest absolute Gasteiger partial charge is 0.508 e. The molecule has 0 saturated carbocycles. The highest BCUT2D eigenvalue weighted by Gasteiger charge is 2.34. The van der Waals surface area contributed by atoms with Crippen molar-refractivity contribution in [3.8, 4) is 11.6 Å². The molecule has 0 bridgehead atoms. The van der Waals surface area contributed by atoms with E-state index >= 15 is 0 Å². The number of aromatic hydroxyl groups is 2. The Morgan fingerprint density at radius 3 is 2.25 bits per heavy atom. The second-order valence-corrected chi connectivity index (χ2v) is 15.5. The van der Waals surface area contributed by atoms with Gasteiger partial charge in [-0.2, -0.15) is 4.31 Å². The first-order chi connectivity index (χ1) is 24.0. The average molecular weight is 722 g/mol. The molecule has 13 nitrogen and oxygen atoms in total. The minimum absolute atomic E-state index is 0.0397. The van der Waals surface area contributed by atoms with E-state index in [1.165, 1.54) is 47.9 Å². The van der Waals surface area contributed by atoms with Crippen LogP contribution in [0.1, 0.15) is 67.8 Å². The van der Waals surface area contributed by atoms with Crippen molar-refractivity contribution in [3.05, 3.63) is 106 Å². The zero-order valence-electron chi connectivity index (χ0n) is 29.7. The number of carbonyl (C=O) groups is 2. The van der Waals surface area contributed by atoms with E-state index in [1.807, 2.05) is 44.2 Å². The Bertz CT molecular complexity index is 2010. The van der Waals surface area contributed by atoms with Crippen molar-refractivity contribution in [2.45, 2.75) is 77.6 Å². The lowest BCUT2D eigenvalue weighted by Gasteiger charge is -2.32. The molecule has 2 aromatic carbocycles. The van der Waals surface area contributed by atoms with Crippen LogP contribution in [0.4, 0.5) is 0 Å². The van der Waals surface area contributed by atoms with E-state index in [4.69, 9.17) is 0 Å². The van der Waals surface area contributed by atoms with Crippen molar-refractivity contribution in [2.24, 2.45) is 11.8 Å². The molecule has 2 heterocycles. The van der Waals surface area contributed by atoms with Crippen LogP contribution in [0.2, 0.25) is 0 Å². The first-order valence-electron chi connectivity index (χ1n) is 16.8. The molecule has 14 heteroatoms. The molecule has 0 radical (unpaired) electrons. The van der Waals surface area contributed by atoms with E-state index in [0.717, 1.165) is 14.7 Å². The number of rotatable bonds is 16. The van der Waals surface area contributed by atoms with Crippen molar-refractivity contribution in [1.29, 1.82) is 0 Å². The van der Waals surface area contributed by atoms with Gasteiger partial charge in [0.1, 0.15) is 17.5 Å². The van der Waals surface area contributed by atoms with Gasteiger partial charge < -0.3 is 20.6 Å². The normalized spacial score (nSPS) is 13.8. The van der Waals surface area contributed by atoms with Gasteiger partial charge >= 0.3 is 5.69 Å². The SMILES string of the molecule is CC(=O)c1cc(Cn2c(O)cn([C@H](C(=O)N[C@@H](Cc3ccccc3)[C@H](O)CN(CC(C)C)S(=O)(=O)c3ccc(O)c(C)c3)C(C)C)c2=O)ccn1. The van der Waals surface area contributed by atoms with Gasteiger partial charge in [0.2, 0.25) is 21.8 Å². The summed E-state index contributed by atoms with van der Waals surface area (Å²) in [4.78, 5) is 43.6. The molecule has 0 unspecified atom stereocenters. The van der Waals surface area contributed by atoms with Crippen molar-refractivity contribution >= 4 is 21.7 Å². The number of carbonyl (C=O) groups excluding carboxylic acids is 2. The van der Waals surface area contributed by atoms with Crippen LogP contribution in [-0.4, -0.2) is 79.1 Å². The van der Waals surface area contributed by atoms with Crippen LogP contribution in [0.3, 0.4) is 0 Å². The summed E-state index contributed by atoms with van der Waals surface area (Å²) in [6.07, 6.45) is 1.38. The minimum Gasteiger partial charge on any atom is -0.508 e. The summed E-state index contributed by atoms with van der Waals surface area (Å²) in [7, 11) is -4.13. The summed E-state index contributed by atoms with van der Waals surface area (Å²) in [5, 5.41) is 35.4. The fourth-order valence-electron chi connectivity index (χ4n) is 5.90. The number of sulfonamides is 1. The summed E-state index contributed by atoms with van der Waals surface area (Å²) >= 11 is 0. The number of phenols is 1. The lowest BCUT2D eigenvalue weighted by atomic mass is 9.98. The first kappa shape index (κ1) is 39.0. The summed E-state index contributed by atoms with van der Waals surface area (Å²) < 4.78 is 31.1. The zero-order chi connectivity index (χ0) is 37.6. The van der Waals surface area contributed by atoms with E-state index in [9.17, 15) is 38.1 Å². The average Bonchev–Trinajstić information content (AvgIpc) is 3.33. The number of aryl methyl sites for hydroxylation is 1. The highest BCUT2D eigenvalue weighted by molar-refractivity contribution is 7.89. The Morgan fingerprint density at radius 2 is 1.65 bits per heavy atom. The number of aliphatic hydroxyl groups excluding tert-OH is 1. The van der Waals surface area contributed by atoms with E-state index in [1.54, 1.807) is 26.8 Å². The van der Waals surface area contributed by atoms with Gasteiger partial charge in [-0.25, -0.2) is 13.2 Å². The predicted molar refractivity (Wildman–Crippen MR) is 192 cm³/mol. The van der Waals surface area contributed by atoms with Crippen LogP contribution in [-0.2, 0) is 27.8 Å². The second-order valence-electron chi connectivity index (χ2n) is 13.6. The number of Topliss-reactive ketones (excluding diaryl/α,β-unsaturated/α-hetero) is 1. The summed E-state index contributed by atoms with van der Waals surface area (Å²) in [6, 6.07) is 14.1. The molecule has 2 aromatic heterocycles. The Morgan fingerprint density at radius 1 is 0.961 bits per heavy atom. The van der Waals surface area contributed by atoms with Gasteiger partial charge in [-0.3, -0.25) is 23.7 Å². The smallest absolute Gasteiger partial charge is 0.332 e. The number of hydrogen-bond donors (Lipinski definition) is 4. The zero-order valence-corrected chi connectivity index (χ0v) is 30.5. The van der Waals surface area contributed by atoms with Gasteiger partial charge in [0, 0.05) is 26.2 Å². The van der Waals surface area contributed by atoms with Gasteiger partial charge in [-0.1, -0.05) is 58.0 Å². The van der Waals surface area contributed by atoms with Crippen molar-refractivity contribution in [2.75, 3.05) is 13.1 Å². The van der Waals surface area contributed by atoms with Crippen molar-refractivity contribution in [3.63, 3.8) is 0 Å². The Kier molecular flexibility index (Phi) is 12.6. The van der Waals surface area contributed by atoms with Gasteiger partial charge in [0.15, 0.2) is 5.78 Å². The lowest BCUT2D eigenvalue weighted by Crippen LogP contribution is -2.53. The molecule has 0 aliphatic rings. The Labute approximate surface area is 298 Å². The molecule has 274 valence electrons. The Hall–Kier alpha value is -4.79. The maximum Gasteiger partial charge on any atom is 0.332 e. The van der Waals surface area contributed by atoms with Crippen LogP contribution in [0.15, 0.2) is 82.7 Å². The molecule has 4 aromatic rings. The van der Waals surface area contributed by atoms with E-state index in [-0.39, 0.29) is 60.0 Å². The van der Waals surface area contributed by atoms with E-state index in [0.29, 0.717) is 11.1 Å². The number of amides is 1. The highest BCUT2D eigenvalue weighted by atomic mass is 32.2. The topological polar surface area (TPSA) is 184 Å². The quantitative estimate of drug-likeness (QED) is 0.126. The molecule has 0 fully saturated rings. The second kappa shape index (κ2) is 16.5. The third-order valence-electron chi connectivity index (χ3n) is 8.56. The lowest BCUT2D eigenvalue weighted by molar-refractivity contribution is -0.127. The summed E-state index contributed by atoms with van der Waals surface area (Å²) in [6.45, 7) is 9.80. The predicted octanol–water partition coefficient (Wildman–Crippen LogP) is 3.65. The van der Waals surface area contributed by atoms with Crippen LogP contribution in [0, 0.1) is 18.8 Å². The third kappa shape index (κ3) is 9.51. The summed E-state index contributed by atoms with van der Waals surface area (Å²) in [5.41, 5.74) is 1.25. The maximum absolute atomic E-state index is 14.1. The van der Waals surface area contributed by atoms with Gasteiger partial charge in [0.05, 0.1) is 29.8 Å². The number of nitrogens with zero attached hydrogens (tertiary/aromatic N) is 4. The van der Waals surface area contributed by atoms with Crippen LogP contribution in [0.5, 0.6) is 11.6 Å². The fourth-order valence-corrected chi connectivity index (χ4v) is 7.61. The molecular formula is C37H47N5O8S. The molecule has 4 rings (SSSR count). The van der Waals surface area contributed by atoms with Crippen LogP contribution >= 0.6 is 0 Å². The standard InChI is InChI=1S/C37H47N5O8S/c1-23(2)19-40(51(49,50)29-12-13-32(44)25(5)16-29)21-33(45)31(17-27-10-8-7-9-11-27)39-36(47)35(24(3)4)42-22-34(46)41(37(42)48)20-28-14-15-38-30(18-28)26(6)43/h7-16,18,22-24,31,33,35,44-46H,17,19-21H2,1-6H3,(H,39,47)/t31-,33+,35-/m0/s1. The van der Waals surface area contributed by atoms with Crippen molar-refractivity contribution < 1.29 is 33.3 Å². The molecule has 0 aliphatic carbocycles. The molecule has 0 spiro atoms. The Balaban J connectivity index is 1.66. The van der Waals surface area contributed by atoms with Gasteiger partial charge in [-0.05, 0) is 72.2 Å². The highest BCUT2D eigenvalue weighted by Crippen LogP contribution is 2.25. The first-order valence-corrected chi connectivity index (χ1v) is 18.2. The number of benzene rings is 2. The van der Waals surface area contributed by atoms with Gasteiger partial charge in [-0.15, -0.1) is 0 Å². The summed E-state index contributed by atoms with van der Waals surface area (Å²) in [5.74, 6) is -1.86. The number of phenolic OH excluding ortho intramolecular Hbond substituents is 1. The van der Waals surface area contributed by atoms with Gasteiger partial charge in [0.25, 0.3) is 0 Å². The van der Waals surface area contributed by atoms with E-state index < -0.39 is 45.7 Å². The van der Waals surface area contributed by atoms with Crippen LogP contribution < -0.4 is 11.0 Å². The van der Waals surface area contributed by atoms with Crippen LogP contribution in [0.25, 0.3) is 0 Å². The molecule has 1 amide bonds. The van der Waals surface area contributed by atoms with Crippen molar-refractivity contribution in [1.82, 2.24) is 23.7 Å². The van der Waals surface area contributed by atoms with E-state index in [2.05, 4.69) is 10.3 Å². The number of pyridine rings is 1.